The van der Waals surface area contributed by atoms with Gasteiger partial charge in [0.15, 0.2) is 0 Å². The molecular formula is C15H25N5S. The van der Waals surface area contributed by atoms with Gasteiger partial charge in [0.25, 0.3) is 0 Å². The zero-order chi connectivity index (χ0) is 15.6. The summed E-state index contributed by atoms with van der Waals surface area (Å²) in [4.78, 5) is 13.8. The Bertz CT molecular complexity index is 605. The molecule has 0 fully saturated rings. The molecule has 0 unspecified atom stereocenters. The van der Waals surface area contributed by atoms with E-state index in [9.17, 15) is 0 Å². The highest BCUT2D eigenvalue weighted by molar-refractivity contribution is 7.18. The molecule has 0 spiro atoms. The first kappa shape index (κ1) is 16.0. The number of hydrogen-bond donors (Lipinski definition) is 2. The molecule has 2 aromatic heterocycles. The Morgan fingerprint density at radius 3 is 2.52 bits per heavy atom. The van der Waals surface area contributed by atoms with Crippen LogP contribution < -0.4 is 16.2 Å². The van der Waals surface area contributed by atoms with Gasteiger partial charge in [-0.15, -0.1) is 11.3 Å². The van der Waals surface area contributed by atoms with Gasteiger partial charge >= 0.3 is 0 Å². The van der Waals surface area contributed by atoms with Crippen LogP contribution in [-0.2, 0) is 6.42 Å². The topological polar surface area (TPSA) is 67.1 Å². The summed E-state index contributed by atoms with van der Waals surface area (Å²) in [5.74, 6) is 7.57. The molecule has 2 heterocycles. The third kappa shape index (κ3) is 3.44. The summed E-state index contributed by atoms with van der Waals surface area (Å²) >= 11 is 1.72. The number of nitrogens with two attached hydrogens (primary N) is 1. The maximum atomic E-state index is 5.54. The molecule has 0 amide bonds. The summed E-state index contributed by atoms with van der Waals surface area (Å²) in [6, 6.07) is 2.59. The minimum atomic E-state index is 0.376. The molecule has 0 saturated heterocycles. The Kier molecular flexibility index (Phi) is 5.00. The minimum Gasteiger partial charge on any atom is -0.353 e. The number of hydrogen-bond acceptors (Lipinski definition) is 6. The van der Waals surface area contributed by atoms with Crippen molar-refractivity contribution in [3.63, 3.8) is 0 Å². The van der Waals surface area contributed by atoms with Gasteiger partial charge in [-0.1, -0.05) is 20.8 Å². The molecule has 0 aliphatic rings. The SMILES string of the molecule is CCc1cc2c(N(CC(C)C)C(C)C)nc(NN)nc2s1. The number of rotatable bonds is 6. The second-order valence-electron chi connectivity index (χ2n) is 5.94. The van der Waals surface area contributed by atoms with Gasteiger partial charge in [0.05, 0.1) is 5.39 Å². The third-order valence-corrected chi connectivity index (χ3v) is 4.53. The molecule has 0 bridgehead atoms. The van der Waals surface area contributed by atoms with Crippen molar-refractivity contribution >= 4 is 33.3 Å². The molecule has 0 saturated carbocycles. The average Bonchev–Trinajstić information content (AvgIpc) is 2.86. The van der Waals surface area contributed by atoms with Crippen LogP contribution in [0, 0.1) is 5.92 Å². The largest absolute Gasteiger partial charge is 0.353 e. The average molecular weight is 307 g/mol. The fourth-order valence-electron chi connectivity index (χ4n) is 2.35. The number of nitrogens with one attached hydrogen (secondary N) is 1. The van der Waals surface area contributed by atoms with Crippen LogP contribution >= 0.6 is 11.3 Å². The first-order valence-corrected chi connectivity index (χ1v) is 8.31. The fraction of sp³-hybridized carbons (Fsp3) is 0.600. The molecule has 21 heavy (non-hydrogen) atoms. The number of nitrogen functional groups attached to an aromatic ring is 1. The molecule has 116 valence electrons. The molecule has 0 aliphatic heterocycles. The van der Waals surface area contributed by atoms with Crippen LogP contribution in [0.15, 0.2) is 6.07 Å². The van der Waals surface area contributed by atoms with E-state index in [1.807, 2.05) is 0 Å². The summed E-state index contributed by atoms with van der Waals surface area (Å²) in [5, 5.41) is 1.13. The van der Waals surface area contributed by atoms with Crippen LogP contribution in [0.25, 0.3) is 10.2 Å². The number of anilines is 2. The van der Waals surface area contributed by atoms with E-state index in [1.165, 1.54) is 4.88 Å². The van der Waals surface area contributed by atoms with Crippen LogP contribution in [0.2, 0.25) is 0 Å². The number of nitrogens with zero attached hydrogens (tertiary/aromatic N) is 3. The second-order valence-corrected chi connectivity index (χ2v) is 7.06. The molecule has 5 nitrogen and oxygen atoms in total. The molecule has 0 radical (unpaired) electrons. The molecule has 6 heteroatoms. The maximum absolute atomic E-state index is 5.54. The zero-order valence-electron chi connectivity index (χ0n) is 13.5. The van der Waals surface area contributed by atoms with E-state index in [4.69, 9.17) is 5.84 Å². The van der Waals surface area contributed by atoms with E-state index in [2.05, 4.69) is 61.0 Å². The van der Waals surface area contributed by atoms with Crippen molar-refractivity contribution in [3.8, 4) is 0 Å². The Hall–Kier alpha value is -1.40. The van der Waals surface area contributed by atoms with E-state index in [0.29, 0.717) is 17.9 Å². The van der Waals surface area contributed by atoms with Gasteiger partial charge < -0.3 is 4.90 Å². The second kappa shape index (κ2) is 6.58. The molecule has 0 aromatic carbocycles. The smallest absolute Gasteiger partial charge is 0.240 e. The minimum absolute atomic E-state index is 0.376. The third-order valence-electron chi connectivity index (χ3n) is 3.36. The van der Waals surface area contributed by atoms with E-state index < -0.39 is 0 Å². The monoisotopic (exact) mass is 307 g/mol. The van der Waals surface area contributed by atoms with Crippen LogP contribution in [0.4, 0.5) is 11.8 Å². The maximum Gasteiger partial charge on any atom is 0.240 e. The van der Waals surface area contributed by atoms with Crippen molar-refractivity contribution in [1.82, 2.24) is 9.97 Å². The first-order chi connectivity index (χ1) is 9.96. The lowest BCUT2D eigenvalue weighted by molar-refractivity contribution is 0.567. The molecule has 0 atom stereocenters. The molecule has 2 rings (SSSR count). The predicted molar refractivity (Wildman–Crippen MR) is 91.9 cm³/mol. The summed E-state index contributed by atoms with van der Waals surface area (Å²) in [6.07, 6.45) is 1.01. The summed E-state index contributed by atoms with van der Waals surface area (Å²) in [6.45, 7) is 12.0. The number of hydrazine groups is 1. The normalized spacial score (nSPS) is 11.6. The van der Waals surface area contributed by atoms with Crippen LogP contribution in [0.3, 0.4) is 0 Å². The van der Waals surface area contributed by atoms with Crippen LogP contribution in [-0.4, -0.2) is 22.6 Å². The van der Waals surface area contributed by atoms with Crippen molar-refractivity contribution in [2.24, 2.45) is 11.8 Å². The van der Waals surface area contributed by atoms with Crippen molar-refractivity contribution in [3.05, 3.63) is 10.9 Å². The number of fused-ring (bicyclic) bond motifs is 1. The quantitative estimate of drug-likeness (QED) is 0.632. The number of aryl methyl sites for hydroxylation is 1. The van der Waals surface area contributed by atoms with E-state index in [0.717, 1.165) is 29.0 Å². The summed E-state index contributed by atoms with van der Waals surface area (Å²) in [5.41, 5.74) is 2.59. The van der Waals surface area contributed by atoms with Crippen LogP contribution in [0.1, 0.15) is 39.5 Å². The highest BCUT2D eigenvalue weighted by Gasteiger charge is 2.19. The van der Waals surface area contributed by atoms with Gasteiger partial charge in [0.1, 0.15) is 10.6 Å². The van der Waals surface area contributed by atoms with E-state index in [1.54, 1.807) is 11.3 Å². The van der Waals surface area contributed by atoms with Gasteiger partial charge in [0.2, 0.25) is 5.95 Å². The van der Waals surface area contributed by atoms with Gasteiger partial charge in [0, 0.05) is 17.5 Å². The van der Waals surface area contributed by atoms with E-state index >= 15 is 0 Å². The van der Waals surface area contributed by atoms with Gasteiger partial charge in [-0.2, -0.15) is 4.98 Å². The Labute approximate surface area is 130 Å². The lowest BCUT2D eigenvalue weighted by Crippen LogP contribution is -2.35. The van der Waals surface area contributed by atoms with Crippen LogP contribution in [0.5, 0.6) is 0 Å². The number of aromatic nitrogens is 2. The van der Waals surface area contributed by atoms with Crippen molar-refractivity contribution in [2.75, 3.05) is 16.9 Å². The van der Waals surface area contributed by atoms with Crippen molar-refractivity contribution in [2.45, 2.75) is 47.1 Å². The summed E-state index contributed by atoms with van der Waals surface area (Å²) in [7, 11) is 0. The molecule has 3 N–H and O–H groups in total. The predicted octanol–water partition coefficient (Wildman–Crippen LogP) is 3.41. The van der Waals surface area contributed by atoms with Gasteiger partial charge in [-0.05, 0) is 32.3 Å². The number of thiophene rings is 1. The molecule has 2 aromatic rings. The Morgan fingerprint density at radius 2 is 2.00 bits per heavy atom. The molecule has 0 aliphatic carbocycles. The standard InChI is InChI=1S/C15H25N5S/c1-6-11-7-12-13(20(10(4)5)8-9(2)3)17-15(19-16)18-14(12)21-11/h7,9-10H,6,8,16H2,1-5H3,(H,17,18,19). The highest BCUT2D eigenvalue weighted by Crippen LogP contribution is 2.33. The van der Waals surface area contributed by atoms with Crippen molar-refractivity contribution < 1.29 is 0 Å². The summed E-state index contributed by atoms with van der Waals surface area (Å²) < 4.78 is 0. The first-order valence-electron chi connectivity index (χ1n) is 7.50. The Morgan fingerprint density at radius 1 is 1.29 bits per heavy atom. The lowest BCUT2D eigenvalue weighted by atomic mass is 10.1. The highest BCUT2D eigenvalue weighted by atomic mass is 32.1. The van der Waals surface area contributed by atoms with Crippen molar-refractivity contribution in [1.29, 1.82) is 0 Å². The lowest BCUT2D eigenvalue weighted by Gasteiger charge is -2.30. The van der Waals surface area contributed by atoms with Gasteiger partial charge in [-0.25, -0.2) is 10.8 Å². The van der Waals surface area contributed by atoms with E-state index in [-0.39, 0.29) is 0 Å². The zero-order valence-corrected chi connectivity index (χ0v) is 14.3. The van der Waals surface area contributed by atoms with Gasteiger partial charge in [-0.3, -0.25) is 5.43 Å². The fourth-order valence-corrected chi connectivity index (χ4v) is 3.31. The Balaban J connectivity index is 2.60. The molecular weight excluding hydrogens is 282 g/mol.